The molecule has 3 fully saturated rings. The summed E-state index contributed by atoms with van der Waals surface area (Å²) in [5.74, 6) is -19.0. The normalized spacial score (nSPS) is 23.8. The molecule has 2 saturated heterocycles. The predicted molar refractivity (Wildman–Crippen MR) is 505 cm³/mol. The highest BCUT2D eigenvalue weighted by atomic mass is 32.2. The number of carbonyl (C=O) groups excluding carboxylic acids is 18. The SMILES string of the molecule is CCCC[C@H]1C(=O)N[C@@H](CCCNC(=N)N)C(=O)N[C@H](C(=O)NCC(N)=O)CSCC(=O)N[C@@H](Cc2ccccc2)C(=O)N(C)[C@@H](C)C(=O)N[C@@H](CC(N)=O)C(=O)N2CCC[C@H]2C(=O)N[C@@H](Cc2cnc[nH]2)C(=O)N[C@@H](CC(C)C)C(=O)N(C)CC(=O)N[C@@H](Cc2c[nH]c3ccccc23)C(=O)N[C@@H](CO)C(=O)N[C@@H](Cc2c[nH]c3ccccc23)C(=O)N[C@@H](CNC(=O)C2CCCCC2)C(=O)N1C. The number of aliphatic hydroxyl groups is 1. The number of primary amides is 2. The maximum Gasteiger partial charge on any atom is 0.247 e. The number of carbonyl (C=O) groups is 18. The average Bonchev–Trinajstić information content (AvgIpc) is 1.36. The standard InChI is InChI=1S/C92H129N25O19S/c1-8-9-31-72-86(131)106-62(30-20-33-98-92(95)96)81(126)113-71(80(125)102-45-75(94)120)48-137-49-77(122)105-67(36-53-22-12-10-13-23-53)89(134)115(6)52(4)78(123)109-68(40-74(93)119)91(136)117-34-21-32-73(117)87(132)108-65(39-57-43-97-50-103-57)84(129)110-66(35-51(2)3)88(133)114(5)46-76(121)104-63(37-55-41-99-60-28-18-16-26-58(55)60)82(127)112-70(47-118)85(130)107-64(38-56-42-100-61-29-19-17-27-59(56)61)83(128)111-69(90(135)116(72)7)44-101-79(124)54-24-14-11-15-25-54/h10,12-13,16-19,22-23,26-29,41-43,50-52,54,62-73,99-100,118H,8-9,11,14-15,20-21,24-25,30-40,44-49H2,1-7H3,(H2,93,119)(H2,94,120)(H,97,103)(H,101,124)(H,102,125)(H,104,121)(H,105,122)(H,106,131)(H,107,130)(H,108,132)(H,109,123)(H,110,129)(H,111,128)(H,112,127)(H,113,126)(H4,95,96,98)/t52-,62-,63-,64-,65-,66-,67-,68-,69-,70-,71-,72-,73-/m0/s1. The number of guanidine groups is 1. The smallest absolute Gasteiger partial charge is 0.247 e. The number of benzene rings is 3. The Balaban J connectivity index is 1.09. The summed E-state index contributed by atoms with van der Waals surface area (Å²) < 4.78 is 0. The minimum Gasteiger partial charge on any atom is -0.394 e. The molecule has 3 aliphatic rings. The van der Waals surface area contributed by atoms with Crippen LogP contribution < -0.4 is 86.3 Å². The number of para-hydroxylation sites is 2. The van der Waals surface area contributed by atoms with Crippen LogP contribution in [0.4, 0.5) is 0 Å². The second-order valence-electron chi connectivity index (χ2n) is 35.2. The van der Waals surface area contributed by atoms with Gasteiger partial charge in [-0.15, -0.1) is 11.8 Å². The highest BCUT2D eigenvalue weighted by Crippen LogP contribution is 2.27. The molecule has 13 atom stereocenters. The molecule has 6 aromatic rings. The summed E-state index contributed by atoms with van der Waals surface area (Å²) in [5, 5.41) is 54.7. The molecule has 0 bridgehead atoms. The minimum absolute atomic E-state index is 0.00605. The van der Waals surface area contributed by atoms with Crippen LogP contribution in [0.1, 0.15) is 140 Å². The van der Waals surface area contributed by atoms with E-state index in [1.807, 2.05) is 0 Å². The van der Waals surface area contributed by atoms with Crippen LogP contribution >= 0.6 is 11.8 Å². The molecule has 24 N–H and O–H groups in total. The van der Waals surface area contributed by atoms with Crippen LogP contribution in [0.5, 0.6) is 0 Å². The Labute approximate surface area is 796 Å². The topological polar surface area (TPSA) is 659 Å². The summed E-state index contributed by atoms with van der Waals surface area (Å²) in [4.78, 5) is 281. The summed E-state index contributed by atoms with van der Waals surface area (Å²) in [6.07, 6.45) is 7.96. The van der Waals surface area contributed by atoms with Crippen molar-refractivity contribution < 1.29 is 91.4 Å². The molecule has 137 heavy (non-hydrogen) atoms. The minimum atomic E-state index is -1.91. The van der Waals surface area contributed by atoms with Crippen molar-refractivity contribution in [3.63, 3.8) is 0 Å². The number of nitrogens with zero attached hydrogens (tertiary/aromatic N) is 5. The van der Waals surface area contributed by atoms with E-state index in [-0.39, 0.29) is 89.6 Å². The number of hydrogen-bond donors (Lipinski definition) is 21. The molecule has 2 aliphatic heterocycles. The number of imidazole rings is 1. The second-order valence-corrected chi connectivity index (χ2v) is 36.2. The number of unbranched alkanes of at least 4 members (excludes halogenated alkanes) is 1. The molecule has 45 heteroatoms. The number of thioether (sulfide) groups is 1. The number of nitrogens with one attached hydrogen (secondary N) is 17. The summed E-state index contributed by atoms with van der Waals surface area (Å²) in [5.41, 5.74) is 19.9. The largest absolute Gasteiger partial charge is 0.394 e. The zero-order chi connectivity index (χ0) is 99.7. The second kappa shape index (κ2) is 52.2. The number of rotatable bonds is 26. The van der Waals surface area contributed by atoms with Gasteiger partial charge in [0.1, 0.15) is 78.5 Å². The third-order valence-corrected chi connectivity index (χ3v) is 25.3. The number of likely N-dealkylation sites (N-methyl/N-ethyl adjacent to an activating group) is 3. The summed E-state index contributed by atoms with van der Waals surface area (Å²) in [6, 6.07) is 1.77. The first-order chi connectivity index (χ1) is 65.4. The van der Waals surface area contributed by atoms with E-state index in [1.165, 1.54) is 40.6 Å². The lowest BCUT2D eigenvalue weighted by molar-refractivity contribution is -0.145. The van der Waals surface area contributed by atoms with Gasteiger partial charge in [0.25, 0.3) is 0 Å². The van der Waals surface area contributed by atoms with E-state index >= 15 is 28.8 Å². The third-order valence-electron chi connectivity index (χ3n) is 24.3. The van der Waals surface area contributed by atoms with Gasteiger partial charge in [-0.3, -0.25) is 91.7 Å². The number of fused-ring (bicyclic) bond motifs is 3. The van der Waals surface area contributed by atoms with E-state index in [9.17, 15) is 62.6 Å². The molecule has 18 amide bonds. The Morgan fingerprint density at radius 3 is 1.70 bits per heavy atom. The number of aliphatic hydroxyl groups excluding tert-OH is 1. The van der Waals surface area contributed by atoms with Gasteiger partial charge in [0.05, 0.1) is 38.2 Å². The third kappa shape index (κ3) is 31.5. The molecule has 44 nitrogen and oxygen atoms in total. The lowest BCUT2D eigenvalue weighted by Crippen LogP contribution is -2.62. The maximum atomic E-state index is 15.7. The Bertz CT molecular complexity index is 5260. The van der Waals surface area contributed by atoms with Crippen LogP contribution in [0.3, 0.4) is 0 Å². The Morgan fingerprint density at radius 2 is 1.09 bits per heavy atom. The van der Waals surface area contributed by atoms with Crippen molar-refractivity contribution in [3.05, 3.63) is 126 Å². The summed E-state index contributed by atoms with van der Waals surface area (Å²) in [7, 11) is 3.78. The van der Waals surface area contributed by atoms with Crippen molar-refractivity contribution in [1.82, 2.24) is 109 Å². The number of aromatic nitrogens is 4. The van der Waals surface area contributed by atoms with E-state index < -0.39 is 241 Å². The quantitative estimate of drug-likeness (QED) is 0.0146. The number of nitrogens with two attached hydrogens (primary N) is 3. The number of aromatic amines is 3. The van der Waals surface area contributed by atoms with Gasteiger partial charge in [-0.25, -0.2) is 4.98 Å². The van der Waals surface area contributed by atoms with E-state index in [0.29, 0.717) is 63.5 Å². The van der Waals surface area contributed by atoms with Crippen LogP contribution in [0.15, 0.2) is 104 Å². The van der Waals surface area contributed by atoms with Gasteiger partial charge in [-0.05, 0) is 93.0 Å². The lowest BCUT2D eigenvalue weighted by Gasteiger charge is -2.33. The van der Waals surface area contributed by atoms with E-state index in [4.69, 9.17) is 22.6 Å². The first-order valence-corrected chi connectivity index (χ1v) is 47.2. The zero-order valence-corrected chi connectivity index (χ0v) is 78.8. The molecule has 3 aromatic heterocycles. The zero-order valence-electron chi connectivity index (χ0n) is 78.0. The van der Waals surface area contributed by atoms with Crippen LogP contribution in [-0.2, 0) is 112 Å². The fourth-order valence-corrected chi connectivity index (χ4v) is 17.6. The fraction of sp³-hybridized carbons (Fsp3) is 0.522. The molecule has 3 aromatic carbocycles. The highest BCUT2D eigenvalue weighted by Gasteiger charge is 2.44. The van der Waals surface area contributed by atoms with Crippen molar-refractivity contribution in [2.45, 2.75) is 222 Å². The van der Waals surface area contributed by atoms with Crippen LogP contribution in [0.2, 0.25) is 0 Å². The van der Waals surface area contributed by atoms with Crippen molar-refractivity contribution in [1.29, 1.82) is 5.41 Å². The summed E-state index contributed by atoms with van der Waals surface area (Å²) >= 11 is 0.775. The van der Waals surface area contributed by atoms with Crippen LogP contribution in [-0.4, -0.2) is 307 Å². The Hall–Kier alpha value is -14.0. The molecular formula is C92H129N25O19S. The molecule has 1 aliphatic carbocycles. The molecular weight excluding hydrogens is 1790 g/mol. The van der Waals surface area contributed by atoms with Crippen molar-refractivity contribution in [3.8, 4) is 0 Å². The van der Waals surface area contributed by atoms with Crippen molar-refractivity contribution >= 4 is 146 Å². The first-order valence-electron chi connectivity index (χ1n) is 46.0. The number of amides is 18. The monoisotopic (exact) mass is 1920 g/mol. The Morgan fingerprint density at radius 1 is 0.533 bits per heavy atom. The average molecular weight is 1920 g/mol. The number of H-pyrrole nitrogens is 3. The molecule has 0 spiro atoms. The molecule has 0 unspecified atom stereocenters. The van der Waals surface area contributed by atoms with Gasteiger partial charge in [0.15, 0.2) is 5.96 Å². The molecule has 1 saturated carbocycles. The van der Waals surface area contributed by atoms with Gasteiger partial charge in [0, 0.05) is 124 Å². The Kier molecular flexibility index (Phi) is 40.6. The lowest BCUT2D eigenvalue weighted by atomic mass is 9.88. The molecule has 5 heterocycles. The highest BCUT2D eigenvalue weighted by molar-refractivity contribution is 8.00. The van der Waals surface area contributed by atoms with Crippen LogP contribution in [0.25, 0.3) is 21.8 Å². The fourth-order valence-electron chi connectivity index (χ4n) is 16.7. The van der Waals surface area contributed by atoms with E-state index in [0.717, 1.165) is 50.6 Å². The van der Waals surface area contributed by atoms with Gasteiger partial charge in [-0.2, -0.15) is 0 Å². The van der Waals surface area contributed by atoms with Gasteiger partial charge in [-0.1, -0.05) is 120 Å². The molecule has 0 radical (unpaired) electrons. The molecule has 742 valence electrons. The van der Waals surface area contributed by atoms with Crippen molar-refractivity contribution in [2.75, 3.05) is 72.0 Å². The van der Waals surface area contributed by atoms with Crippen LogP contribution in [0, 0.1) is 17.2 Å². The predicted octanol–water partition coefficient (Wildman–Crippen LogP) is -2.97. The van der Waals surface area contributed by atoms with Crippen molar-refractivity contribution in [2.24, 2.45) is 29.0 Å². The number of hydrogen-bond acceptors (Lipinski definition) is 22. The van der Waals surface area contributed by atoms with E-state index in [2.05, 4.69) is 89.1 Å². The first kappa shape index (κ1) is 107. The summed E-state index contributed by atoms with van der Waals surface area (Å²) in [6.45, 7) is 3.30. The maximum absolute atomic E-state index is 15.7. The molecule has 9 rings (SSSR count). The van der Waals surface area contributed by atoms with Gasteiger partial charge in [0.2, 0.25) is 106 Å². The van der Waals surface area contributed by atoms with Gasteiger partial charge >= 0.3 is 0 Å². The van der Waals surface area contributed by atoms with E-state index in [1.54, 1.807) is 112 Å². The van der Waals surface area contributed by atoms with Gasteiger partial charge < -0.3 is 126 Å².